The van der Waals surface area contributed by atoms with Gasteiger partial charge in [-0.15, -0.1) is 0 Å². The average molecular weight is 321 g/mol. The molecule has 120 valence electrons. The molecule has 0 aliphatic heterocycles. The van der Waals surface area contributed by atoms with Crippen molar-refractivity contribution < 1.29 is 4.42 Å². The van der Waals surface area contributed by atoms with Crippen LogP contribution in [0.15, 0.2) is 47.3 Å². The highest BCUT2D eigenvalue weighted by Gasteiger charge is 2.12. The molecule has 8 nitrogen and oxygen atoms in total. The third-order valence-corrected chi connectivity index (χ3v) is 3.56. The molecule has 3 aromatic heterocycles. The number of anilines is 3. The van der Waals surface area contributed by atoms with Gasteiger partial charge in [0.1, 0.15) is 23.2 Å². The molecule has 0 spiro atoms. The fraction of sp³-hybridized carbons (Fsp3) is 0.125. The van der Waals surface area contributed by atoms with Crippen LogP contribution in [0.1, 0.15) is 0 Å². The van der Waals surface area contributed by atoms with Gasteiger partial charge in [0.25, 0.3) is 0 Å². The molecule has 3 heterocycles. The van der Waals surface area contributed by atoms with Crippen LogP contribution >= 0.6 is 0 Å². The number of nitrogens with one attached hydrogen (secondary N) is 2. The van der Waals surface area contributed by atoms with Gasteiger partial charge in [-0.1, -0.05) is 12.1 Å². The second-order valence-corrected chi connectivity index (χ2v) is 5.15. The highest BCUT2D eigenvalue weighted by molar-refractivity contribution is 6.05. The van der Waals surface area contributed by atoms with Crippen LogP contribution in [0.4, 0.5) is 17.6 Å². The van der Waals surface area contributed by atoms with E-state index in [1.54, 1.807) is 12.3 Å². The number of fused-ring (bicyclic) bond motifs is 3. The van der Waals surface area contributed by atoms with Crippen LogP contribution in [-0.2, 0) is 0 Å². The molecule has 4 rings (SSSR count). The molecule has 0 aliphatic rings. The molecule has 0 amide bonds. The zero-order chi connectivity index (χ0) is 16.4. The maximum absolute atomic E-state index is 5.87. The van der Waals surface area contributed by atoms with Crippen LogP contribution < -0.4 is 16.4 Å². The molecule has 0 saturated carbocycles. The Morgan fingerprint density at radius 3 is 2.79 bits per heavy atom. The van der Waals surface area contributed by atoms with Gasteiger partial charge in [0, 0.05) is 24.7 Å². The highest BCUT2D eigenvalue weighted by Crippen LogP contribution is 2.30. The van der Waals surface area contributed by atoms with Gasteiger partial charge in [0.05, 0.1) is 0 Å². The van der Waals surface area contributed by atoms with Crippen molar-refractivity contribution in [1.29, 1.82) is 0 Å². The molecule has 1 aromatic carbocycles. The maximum Gasteiger partial charge on any atom is 0.221 e. The molecule has 0 fully saturated rings. The summed E-state index contributed by atoms with van der Waals surface area (Å²) in [7, 11) is 0. The van der Waals surface area contributed by atoms with Gasteiger partial charge < -0.3 is 20.8 Å². The summed E-state index contributed by atoms with van der Waals surface area (Å²) in [6, 6.07) is 9.56. The Morgan fingerprint density at radius 2 is 1.88 bits per heavy atom. The van der Waals surface area contributed by atoms with E-state index in [1.807, 2.05) is 24.3 Å². The van der Waals surface area contributed by atoms with Crippen LogP contribution in [-0.4, -0.2) is 33.0 Å². The monoisotopic (exact) mass is 321 g/mol. The number of furan rings is 1. The average Bonchev–Trinajstić information content (AvgIpc) is 2.98. The van der Waals surface area contributed by atoms with E-state index in [-0.39, 0.29) is 5.95 Å². The SMILES string of the molecule is Nc1nccc(NCCNc2ncnc3c2oc2ccccc23)n1. The third-order valence-electron chi connectivity index (χ3n) is 3.56. The summed E-state index contributed by atoms with van der Waals surface area (Å²) in [4.78, 5) is 16.5. The molecule has 4 N–H and O–H groups in total. The number of para-hydroxylation sites is 1. The Hall–Kier alpha value is -3.42. The van der Waals surface area contributed by atoms with Crippen LogP contribution in [0, 0.1) is 0 Å². The van der Waals surface area contributed by atoms with E-state index in [4.69, 9.17) is 10.2 Å². The van der Waals surface area contributed by atoms with Crippen molar-refractivity contribution >= 4 is 39.7 Å². The quantitative estimate of drug-likeness (QED) is 0.480. The molecule has 0 unspecified atom stereocenters. The smallest absolute Gasteiger partial charge is 0.221 e. The fourth-order valence-electron chi connectivity index (χ4n) is 2.49. The number of nitrogens with zero attached hydrogens (tertiary/aromatic N) is 4. The number of hydrogen-bond donors (Lipinski definition) is 3. The number of benzene rings is 1. The molecule has 4 aromatic rings. The Labute approximate surface area is 137 Å². The van der Waals surface area contributed by atoms with Gasteiger partial charge in [-0.25, -0.2) is 15.0 Å². The molecule has 0 radical (unpaired) electrons. The second kappa shape index (κ2) is 5.99. The van der Waals surface area contributed by atoms with Crippen molar-refractivity contribution in [2.75, 3.05) is 29.5 Å². The van der Waals surface area contributed by atoms with Crippen molar-refractivity contribution in [1.82, 2.24) is 19.9 Å². The summed E-state index contributed by atoms with van der Waals surface area (Å²) in [5, 5.41) is 7.39. The van der Waals surface area contributed by atoms with Gasteiger partial charge in [0.15, 0.2) is 11.4 Å². The van der Waals surface area contributed by atoms with Crippen molar-refractivity contribution in [3.63, 3.8) is 0 Å². The largest absolute Gasteiger partial charge is 0.450 e. The van der Waals surface area contributed by atoms with E-state index in [2.05, 4.69) is 30.6 Å². The lowest BCUT2D eigenvalue weighted by molar-refractivity contribution is 0.666. The summed E-state index contributed by atoms with van der Waals surface area (Å²) >= 11 is 0. The van der Waals surface area contributed by atoms with E-state index >= 15 is 0 Å². The first-order valence-corrected chi connectivity index (χ1v) is 7.50. The first kappa shape index (κ1) is 14.2. The molecule has 0 saturated heterocycles. The van der Waals surface area contributed by atoms with E-state index in [9.17, 15) is 0 Å². The van der Waals surface area contributed by atoms with Crippen LogP contribution in [0.3, 0.4) is 0 Å². The van der Waals surface area contributed by atoms with E-state index < -0.39 is 0 Å². The van der Waals surface area contributed by atoms with Gasteiger partial charge in [-0.2, -0.15) is 4.98 Å². The van der Waals surface area contributed by atoms with Gasteiger partial charge in [0.2, 0.25) is 5.95 Å². The summed E-state index contributed by atoms with van der Waals surface area (Å²) in [5.41, 5.74) is 7.81. The lowest BCUT2D eigenvalue weighted by Crippen LogP contribution is -2.15. The number of aromatic nitrogens is 4. The van der Waals surface area contributed by atoms with Gasteiger partial charge >= 0.3 is 0 Å². The summed E-state index contributed by atoms with van der Waals surface area (Å²) in [5.74, 6) is 1.59. The zero-order valence-corrected chi connectivity index (χ0v) is 12.7. The summed E-state index contributed by atoms with van der Waals surface area (Å²) < 4.78 is 5.87. The Balaban J connectivity index is 1.48. The summed E-state index contributed by atoms with van der Waals surface area (Å²) in [6.45, 7) is 1.27. The highest BCUT2D eigenvalue weighted by atomic mass is 16.3. The zero-order valence-electron chi connectivity index (χ0n) is 12.7. The lowest BCUT2D eigenvalue weighted by Gasteiger charge is -2.07. The molecule has 0 bridgehead atoms. The van der Waals surface area contributed by atoms with Gasteiger partial charge in [-0.3, -0.25) is 0 Å². The first-order chi connectivity index (χ1) is 11.8. The first-order valence-electron chi connectivity index (χ1n) is 7.50. The maximum atomic E-state index is 5.87. The third kappa shape index (κ3) is 2.65. The Morgan fingerprint density at radius 1 is 1.00 bits per heavy atom. The molecule has 8 heteroatoms. The Kier molecular flexibility index (Phi) is 3.54. The van der Waals surface area contributed by atoms with Crippen molar-refractivity contribution in [2.45, 2.75) is 0 Å². The number of nitrogen functional groups attached to an aromatic ring is 1. The fourth-order valence-corrected chi connectivity index (χ4v) is 2.49. The van der Waals surface area contributed by atoms with E-state index in [1.165, 1.54) is 6.33 Å². The van der Waals surface area contributed by atoms with Crippen molar-refractivity contribution in [3.8, 4) is 0 Å². The molecule has 0 atom stereocenters. The van der Waals surface area contributed by atoms with Gasteiger partial charge in [-0.05, 0) is 18.2 Å². The molecular formula is C16H15N7O. The number of nitrogens with two attached hydrogens (primary N) is 1. The standard InChI is InChI=1S/C16H15N7O/c17-16-20-6-5-12(23-16)18-7-8-19-15-14-13(21-9-22-15)10-3-1-2-4-11(10)24-14/h1-6,9H,7-8H2,(H,19,21,22)(H3,17,18,20,23). The number of rotatable bonds is 5. The van der Waals surface area contributed by atoms with Crippen LogP contribution in [0.5, 0.6) is 0 Å². The predicted molar refractivity (Wildman–Crippen MR) is 92.7 cm³/mol. The lowest BCUT2D eigenvalue weighted by atomic mass is 10.2. The minimum Gasteiger partial charge on any atom is -0.450 e. The number of hydrogen-bond acceptors (Lipinski definition) is 8. The predicted octanol–water partition coefficient (Wildman–Crippen LogP) is 2.27. The van der Waals surface area contributed by atoms with Crippen LogP contribution in [0.2, 0.25) is 0 Å². The minimum absolute atomic E-state index is 0.243. The summed E-state index contributed by atoms with van der Waals surface area (Å²) in [6.07, 6.45) is 3.14. The Bertz CT molecular complexity index is 998. The van der Waals surface area contributed by atoms with Crippen LogP contribution in [0.25, 0.3) is 22.1 Å². The van der Waals surface area contributed by atoms with Crippen molar-refractivity contribution in [3.05, 3.63) is 42.9 Å². The minimum atomic E-state index is 0.243. The second-order valence-electron chi connectivity index (χ2n) is 5.15. The molecule has 0 aliphatic carbocycles. The normalized spacial score (nSPS) is 11.0. The molecular weight excluding hydrogens is 306 g/mol. The van der Waals surface area contributed by atoms with Crippen molar-refractivity contribution in [2.24, 2.45) is 0 Å². The topological polar surface area (TPSA) is 115 Å². The molecule has 24 heavy (non-hydrogen) atoms. The van der Waals surface area contributed by atoms with E-state index in [0.717, 1.165) is 16.5 Å². The van der Waals surface area contributed by atoms with E-state index in [0.29, 0.717) is 30.3 Å².